The number of ether oxygens (including phenoxy) is 1. The Morgan fingerprint density at radius 2 is 1.65 bits per heavy atom. The van der Waals surface area contributed by atoms with Crippen LogP contribution in [0.4, 0.5) is 0 Å². The first-order valence-electron chi connectivity index (χ1n) is 7.13. The van der Waals surface area contributed by atoms with Gasteiger partial charge in [0.05, 0.1) is 7.11 Å². The highest BCUT2D eigenvalue weighted by Gasteiger charge is 2.41. The van der Waals surface area contributed by atoms with E-state index in [0.29, 0.717) is 6.04 Å². The molecule has 0 aromatic carbocycles. The van der Waals surface area contributed by atoms with E-state index in [-0.39, 0.29) is 11.5 Å². The molecule has 0 aromatic heterocycles. The second kappa shape index (κ2) is 5.85. The van der Waals surface area contributed by atoms with Crippen LogP contribution in [0.25, 0.3) is 0 Å². The molecule has 2 aliphatic rings. The quantitative estimate of drug-likeness (QED) is 0.608. The molecule has 0 heterocycles. The Kier molecular flexibility index (Phi) is 4.43. The molecule has 0 aromatic rings. The predicted octanol–water partition coefficient (Wildman–Crippen LogP) is 2.78. The average Bonchev–Trinajstić information content (AvgIpc) is 2.73. The maximum Gasteiger partial charge on any atom is 0.326 e. The summed E-state index contributed by atoms with van der Waals surface area (Å²) in [6.07, 6.45) is 11.8. The van der Waals surface area contributed by atoms with Gasteiger partial charge in [-0.1, -0.05) is 38.5 Å². The van der Waals surface area contributed by atoms with Gasteiger partial charge >= 0.3 is 5.97 Å². The number of methoxy groups -OCH3 is 1. The smallest absolute Gasteiger partial charge is 0.326 e. The van der Waals surface area contributed by atoms with Crippen LogP contribution in [0.1, 0.15) is 64.2 Å². The number of carbonyl (C=O) groups excluding carboxylic acids is 1. The van der Waals surface area contributed by atoms with Crippen LogP contribution >= 0.6 is 0 Å². The van der Waals surface area contributed by atoms with Crippen LogP contribution in [-0.2, 0) is 9.53 Å². The first-order chi connectivity index (χ1) is 8.27. The molecule has 0 atom stereocenters. The number of rotatable bonds is 3. The van der Waals surface area contributed by atoms with Gasteiger partial charge in [0.1, 0.15) is 5.54 Å². The maximum absolute atomic E-state index is 12.1. The lowest BCUT2D eigenvalue weighted by Gasteiger charge is -2.34. The SMILES string of the molecule is COC(=O)C1(NC2CCCC2)CCCCCC1. The van der Waals surface area contributed by atoms with Gasteiger partial charge in [-0.15, -0.1) is 0 Å². The topological polar surface area (TPSA) is 38.3 Å². The molecule has 0 saturated heterocycles. The highest BCUT2D eigenvalue weighted by Crippen LogP contribution is 2.31. The lowest BCUT2D eigenvalue weighted by Crippen LogP contribution is -2.55. The second-order valence-electron chi connectivity index (χ2n) is 5.61. The molecule has 98 valence electrons. The molecule has 2 fully saturated rings. The third-order valence-electron chi connectivity index (χ3n) is 4.37. The van der Waals surface area contributed by atoms with E-state index >= 15 is 0 Å². The van der Waals surface area contributed by atoms with Crippen molar-refractivity contribution in [3.05, 3.63) is 0 Å². The fraction of sp³-hybridized carbons (Fsp3) is 0.929. The van der Waals surface area contributed by atoms with E-state index in [1.165, 1.54) is 45.6 Å². The molecule has 2 rings (SSSR count). The molecule has 1 N–H and O–H groups in total. The third kappa shape index (κ3) is 3.01. The van der Waals surface area contributed by atoms with Gasteiger partial charge in [0.2, 0.25) is 0 Å². The Morgan fingerprint density at radius 3 is 2.18 bits per heavy atom. The molecule has 2 aliphatic carbocycles. The van der Waals surface area contributed by atoms with Gasteiger partial charge in [-0.2, -0.15) is 0 Å². The number of hydrogen-bond donors (Lipinski definition) is 1. The van der Waals surface area contributed by atoms with Crippen LogP contribution in [0.2, 0.25) is 0 Å². The zero-order valence-corrected chi connectivity index (χ0v) is 11.0. The first kappa shape index (κ1) is 12.9. The van der Waals surface area contributed by atoms with Crippen molar-refractivity contribution in [2.75, 3.05) is 7.11 Å². The number of nitrogens with one attached hydrogen (secondary N) is 1. The normalized spacial score (nSPS) is 25.5. The van der Waals surface area contributed by atoms with Crippen molar-refractivity contribution < 1.29 is 9.53 Å². The molecule has 0 radical (unpaired) electrons. The largest absolute Gasteiger partial charge is 0.468 e. The maximum atomic E-state index is 12.1. The van der Waals surface area contributed by atoms with Crippen LogP contribution in [-0.4, -0.2) is 24.7 Å². The Morgan fingerprint density at radius 1 is 1.06 bits per heavy atom. The molecular weight excluding hydrogens is 214 g/mol. The van der Waals surface area contributed by atoms with E-state index in [0.717, 1.165) is 25.7 Å². The van der Waals surface area contributed by atoms with Gasteiger partial charge < -0.3 is 4.74 Å². The van der Waals surface area contributed by atoms with E-state index in [1.54, 1.807) is 0 Å². The summed E-state index contributed by atoms with van der Waals surface area (Å²) < 4.78 is 5.06. The standard InChI is InChI=1S/C14H25NO2/c1-17-13(16)14(10-6-2-3-7-11-14)15-12-8-4-5-9-12/h12,15H,2-11H2,1H3. The fourth-order valence-corrected chi connectivity index (χ4v) is 3.40. The highest BCUT2D eigenvalue weighted by molar-refractivity contribution is 5.80. The van der Waals surface area contributed by atoms with Crippen molar-refractivity contribution >= 4 is 5.97 Å². The Balaban J connectivity index is 2.06. The summed E-state index contributed by atoms with van der Waals surface area (Å²) in [5, 5.41) is 3.65. The summed E-state index contributed by atoms with van der Waals surface area (Å²) in [6.45, 7) is 0. The number of hydrogen-bond acceptors (Lipinski definition) is 3. The molecular formula is C14H25NO2. The number of esters is 1. The van der Waals surface area contributed by atoms with Crippen molar-refractivity contribution in [1.82, 2.24) is 5.32 Å². The molecule has 2 saturated carbocycles. The van der Waals surface area contributed by atoms with Crippen molar-refractivity contribution in [1.29, 1.82) is 0 Å². The van der Waals surface area contributed by atoms with Crippen LogP contribution < -0.4 is 5.32 Å². The Hall–Kier alpha value is -0.570. The minimum absolute atomic E-state index is 0.0358. The Labute approximate surface area is 104 Å². The third-order valence-corrected chi connectivity index (χ3v) is 4.37. The minimum atomic E-state index is -0.375. The van der Waals surface area contributed by atoms with Crippen molar-refractivity contribution in [3.8, 4) is 0 Å². The van der Waals surface area contributed by atoms with Crippen molar-refractivity contribution in [2.45, 2.75) is 75.8 Å². The molecule has 3 nitrogen and oxygen atoms in total. The molecule has 0 aliphatic heterocycles. The van der Waals surface area contributed by atoms with Crippen LogP contribution in [0, 0.1) is 0 Å². The summed E-state index contributed by atoms with van der Waals surface area (Å²) >= 11 is 0. The van der Waals surface area contributed by atoms with Crippen LogP contribution in [0.3, 0.4) is 0 Å². The molecule has 0 unspecified atom stereocenters. The fourth-order valence-electron chi connectivity index (χ4n) is 3.40. The van der Waals surface area contributed by atoms with E-state index in [4.69, 9.17) is 4.74 Å². The summed E-state index contributed by atoms with van der Waals surface area (Å²) in [6, 6.07) is 0.534. The van der Waals surface area contributed by atoms with Gasteiger partial charge in [-0.3, -0.25) is 10.1 Å². The van der Waals surface area contributed by atoms with Crippen LogP contribution in [0.15, 0.2) is 0 Å². The zero-order chi connectivity index (χ0) is 12.1. The highest BCUT2D eigenvalue weighted by atomic mass is 16.5. The van der Waals surface area contributed by atoms with Gasteiger partial charge in [0.15, 0.2) is 0 Å². The first-order valence-corrected chi connectivity index (χ1v) is 7.13. The summed E-state index contributed by atoms with van der Waals surface area (Å²) in [5.74, 6) is -0.0358. The molecule has 0 spiro atoms. The van der Waals surface area contributed by atoms with E-state index in [2.05, 4.69) is 5.32 Å². The lowest BCUT2D eigenvalue weighted by atomic mass is 9.89. The molecule has 0 bridgehead atoms. The Bertz CT molecular complexity index is 251. The second-order valence-corrected chi connectivity index (χ2v) is 5.61. The van der Waals surface area contributed by atoms with E-state index in [9.17, 15) is 4.79 Å². The van der Waals surface area contributed by atoms with Crippen LogP contribution in [0.5, 0.6) is 0 Å². The van der Waals surface area contributed by atoms with Gasteiger partial charge in [0.25, 0.3) is 0 Å². The van der Waals surface area contributed by atoms with Crippen molar-refractivity contribution in [2.24, 2.45) is 0 Å². The molecule has 3 heteroatoms. The van der Waals surface area contributed by atoms with Gasteiger partial charge in [-0.05, 0) is 25.7 Å². The van der Waals surface area contributed by atoms with E-state index in [1.807, 2.05) is 0 Å². The average molecular weight is 239 g/mol. The zero-order valence-electron chi connectivity index (χ0n) is 11.0. The summed E-state index contributed by atoms with van der Waals surface area (Å²) in [4.78, 5) is 12.1. The summed E-state index contributed by atoms with van der Waals surface area (Å²) in [7, 11) is 1.52. The van der Waals surface area contributed by atoms with Crippen molar-refractivity contribution in [3.63, 3.8) is 0 Å². The number of carbonyl (C=O) groups is 1. The monoisotopic (exact) mass is 239 g/mol. The lowest BCUT2D eigenvalue weighted by molar-refractivity contribution is -0.149. The predicted molar refractivity (Wildman–Crippen MR) is 67.8 cm³/mol. The van der Waals surface area contributed by atoms with Gasteiger partial charge in [-0.25, -0.2) is 0 Å². The molecule has 0 amide bonds. The molecule has 17 heavy (non-hydrogen) atoms. The van der Waals surface area contributed by atoms with Gasteiger partial charge in [0, 0.05) is 6.04 Å². The summed E-state index contributed by atoms with van der Waals surface area (Å²) in [5.41, 5.74) is -0.375. The minimum Gasteiger partial charge on any atom is -0.468 e. The van der Waals surface area contributed by atoms with E-state index < -0.39 is 0 Å².